The molecule has 4 N–H and O–H groups in total. The van der Waals surface area contributed by atoms with Crippen molar-refractivity contribution in [3.05, 3.63) is 18.2 Å². The second-order valence-corrected chi connectivity index (χ2v) is 5.74. The average Bonchev–Trinajstić information content (AvgIpc) is 2.59. The smallest absolute Gasteiger partial charge is 0.243 e. The van der Waals surface area contributed by atoms with Crippen LogP contribution in [-0.4, -0.2) is 51.8 Å². The highest BCUT2D eigenvalue weighted by atomic mass is 16.5. The molecular formula is C17H27N3O5. The number of ether oxygens (including phenoxy) is 3. The van der Waals surface area contributed by atoms with Crippen LogP contribution < -0.4 is 25.8 Å². The van der Waals surface area contributed by atoms with E-state index in [2.05, 4.69) is 10.6 Å². The van der Waals surface area contributed by atoms with E-state index in [9.17, 15) is 9.59 Å². The first-order chi connectivity index (χ1) is 11.9. The number of rotatable bonds is 10. The first-order valence-electron chi connectivity index (χ1n) is 8.02. The lowest BCUT2D eigenvalue weighted by atomic mass is 10.1. The molecule has 0 saturated heterocycles. The van der Waals surface area contributed by atoms with Gasteiger partial charge in [-0.1, -0.05) is 13.8 Å². The van der Waals surface area contributed by atoms with Gasteiger partial charge in [-0.15, -0.1) is 0 Å². The SMILES string of the molecule is COCCOc1cc(NC(=O)CNC(=O)[C@@H](N)C(C)C)ccc1OC. The summed E-state index contributed by atoms with van der Waals surface area (Å²) in [5.41, 5.74) is 6.25. The van der Waals surface area contributed by atoms with Gasteiger partial charge in [-0.05, 0) is 18.1 Å². The van der Waals surface area contributed by atoms with Gasteiger partial charge in [-0.2, -0.15) is 0 Å². The first-order valence-corrected chi connectivity index (χ1v) is 8.02. The van der Waals surface area contributed by atoms with E-state index in [1.54, 1.807) is 25.3 Å². The summed E-state index contributed by atoms with van der Waals surface area (Å²) in [5, 5.41) is 5.20. The molecule has 0 spiro atoms. The van der Waals surface area contributed by atoms with Crippen molar-refractivity contribution in [3.63, 3.8) is 0 Å². The van der Waals surface area contributed by atoms with Crippen LogP contribution >= 0.6 is 0 Å². The molecule has 8 heteroatoms. The quantitative estimate of drug-likeness (QED) is 0.535. The summed E-state index contributed by atoms with van der Waals surface area (Å²) in [5.74, 6) is 0.311. The third-order valence-electron chi connectivity index (χ3n) is 3.44. The van der Waals surface area contributed by atoms with E-state index < -0.39 is 6.04 Å². The zero-order valence-electron chi connectivity index (χ0n) is 15.1. The largest absolute Gasteiger partial charge is 0.493 e. The number of nitrogens with one attached hydrogen (secondary N) is 2. The Morgan fingerprint density at radius 3 is 2.48 bits per heavy atom. The van der Waals surface area contributed by atoms with Crippen LogP contribution in [0, 0.1) is 5.92 Å². The Morgan fingerprint density at radius 1 is 1.16 bits per heavy atom. The molecule has 0 heterocycles. The van der Waals surface area contributed by atoms with Gasteiger partial charge >= 0.3 is 0 Å². The molecule has 25 heavy (non-hydrogen) atoms. The first kappa shape index (κ1) is 20.7. The molecule has 1 aromatic rings. The fourth-order valence-electron chi connectivity index (χ4n) is 1.90. The Bertz CT molecular complexity index is 577. The molecular weight excluding hydrogens is 326 g/mol. The minimum atomic E-state index is -0.644. The van der Waals surface area contributed by atoms with Crippen LogP contribution in [0.15, 0.2) is 18.2 Å². The minimum Gasteiger partial charge on any atom is -0.493 e. The van der Waals surface area contributed by atoms with Crippen molar-refractivity contribution in [1.29, 1.82) is 0 Å². The number of nitrogens with two attached hydrogens (primary N) is 1. The monoisotopic (exact) mass is 353 g/mol. The predicted molar refractivity (Wildman–Crippen MR) is 94.8 cm³/mol. The molecule has 1 rings (SSSR count). The van der Waals surface area contributed by atoms with E-state index in [1.165, 1.54) is 7.11 Å². The summed E-state index contributed by atoms with van der Waals surface area (Å²) in [7, 11) is 3.11. The normalized spacial score (nSPS) is 11.8. The van der Waals surface area contributed by atoms with Crippen molar-refractivity contribution in [2.45, 2.75) is 19.9 Å². The van der Waals surface area contributed by atoms with Gasteiger partial charge in [-0.25, -0.2) is 0 Å². The van der Waals surface area contributed by atoms with Crippen LogP contribution in [0.1, 0.15) is 13.8 Å². The van der Waals surface area contributed by atoms with Gasteiger partial charge in [0.1, 0.15) is 6.61 Å². The van der Waals surface area contributed by atoms with E-state index in [0.717, 1.165) is 0 Å². The molecule has 1 atom stereocenters. The number of carbonyl (C=O) groups is 2. The maximum atomic E-state index is 12.0. The van der Waals surface area contributed by atoms with Crippen molar-refractivity contribution >= 4 is 17.5 Å². The van der Waals surface area contributed by atoms with Crippen molar-refractivity contribution < 1.29 is 23.8 Å². The standard InChI is InChI=1S/C17H27N3O5/c1-11(2)16(18)17(22)19-10-15(21)20-12-5-6-13(24-4)14(9-12)25-8-7-23-3/h5-6,9,11,16H,7-8,10,18H2,1-4H3,(H,19,22)(H,20,21)/t16-/m0/s1. The van der Waals surface area contributed by atoms with Crippen LogP contribution in [0.3, 0.4) is 0 Å². The Labute approximate surface area is 148 Å². The lowest BCUT2D eigenvalue weighted by Gasteiger charge is -2.15. The second-order valence-electron chi connectivity index (χ2n) is 5.74. The van der Waals surface area contributed by atoms with Gasteiger partial charge in [0.25, 0.3) is 0 Å². The van der Waals surface area contributed by atoms with Gasteiger partial charge in [0.05, 0.1) is 26.3 Å². The number of carbonyl (C=O) groups excluding carboxylic acids is 2. The van der Waals surface area contributed by atoms with Crippen molar-refractivity contribution in [2.24, 2.45) is 11.7 Å². The summed E-state index contributed by atoms with van der Waals surface area (Å²) in [4.78, 5) is 23.7. The number of anilines is 1. The van der Waals surface area contributed by atoms with Gasteiger partial charge < -0.3 is 30.6 Å². The van der Waals surface area contributed by atoms with E-state index in [-0.39, 0.29) is 24.3 Å². The molecule has 8 nitrogen and oxygen atoms in total. The zero-order valence-corrected chi connectivity index (χ0v) is 15.1. The summed E-state index contributed by atoms with van der Waals surface area (Å²) >= 11 is 0. The minimum absolute atomic E-state index is 0.00328. The summed E-state index contributed by atoms with van der Waals surface area (Å²) in [6.45, 7) is 4.31. The molecule has 0 aliphatic carbocycles. The average molecular weight is 353 g/mol. The third-order valence-corrected chi connectivity index (χ3v) is 3.44. The fraction of sp³-hybridized carbons (Fsp3) is 0.529. The zero-order chi connectivity index (χ0) is 18.8. The Kier molecular flexibility index (Phi) is 8.73. The van der Waals surface area contributed by atoms with Crippen LogP contribution in [0.5, 0.6) is 11.5 Å². The van der Waals surface area contributed by atoms with Crippen LogP contribution in [-0.2, 0) is 14.3 Å². The van der Waals surface area contributed by atoms with E-state index >= 15 is 0 Å². The second kappa shape index (κ2) is 10.5. The van der Waals surface area contributed by atoms with Gasteiger partial charge in [0.2, 0.25) is 11.8 Å². The number of methoxy groups -OCH3 is 2. The molecule has 1 aromatic carbocycles. The van der Waals surface area contributed by atoms with Gasteiger partial charge in [0.15, 0.2) is 11.5 Å². The maximum Gasteiger partial charge on any atom is 0.243 e. The molecule has 0 bridgehead atoms. The lowest BCUT2D eigenvalue weighted by Crippen LogP contribution is -2.46. The summed E-state index contributed by atoms with van der Waals surface area (Å²) < 4.78 is 15.7. The number of benzene rings is 1. The van der Waals surface area contributed by atoms with Crippen LogP contribution in [0.2, 0.25) is 0 Å². The third kappa shape index (κ3) is 6.98. The van der Waals surface area contributed by atoms with Crippen molar-refractivity contribution in [1.82, 2.24) is 5.32 Å². The maximum absolute atomic E-state index is 12.0. The predicted octanol–water partition coefficient (Wildman–Crippen LogP) is 0.758. The highest BCUT2D eigenvalue weighted by Gasteiger charge is 2.17. The topological polar surface area (TPSA) is 112 Å². The van der Waals surface area contributed by atoms with Crippen LogP contribution in [0.4, 0.5) is 5.69 Å². The number of amides is 2. The van der Waals surface area contributed by atoms with Crippen LogP contribution in [0.25, 0.3) is 0 Å². The molecule has 0 aromatic heterocycles. The van der Waals surface area contributed by atoms with E-state index in [0.29, 0.717) is 30.4 Å². The summed E-state index contributed by atoms with van der Waals surface area (Å²) in [6.07, 6.45) is 0. The van der Waals surface area contributed by atoms with Crippen molar-refractivity contribution in [2.75, 3.05) is 39.3 Å². The molecule has 0 unspecified atom stereocenters. The van der Waals surface area contributed by atoms with Gasteiger partial charge in [-0.3, -0.25) is 9.59 Å². The Balaban J connectivity index is 2.61. The van der Waals surface area contributed by atoms with E-state index in [4.69, 9.17) is 19.9 Å². The lowest BCUT2D eigenvalue weighted by molar-refractivity contribution is -0.125. The molecule has 0 radical (unpaired) electrons. The van der Waals surface area contributed by atoms with Gasteiger partial charge in [0, 0.05) is 18.9 Å². The molecule has 0 aliphatic heterocycles. The highest BCUT2D eigenvalue weighted by Crippen LogP contribution is 2.30. The van der Waals surface area contributed by atoms with Crippen molar-refractivity contribution in [3.8, 4) is 11.5 Å². The molecule has 0 fully saturated rings. The summed E-state index contributed by atoms with van der Waals surface area (Å²) in [6, 6.07) is 4.37. The highest BCUT2D eigenvalue weighted by molar-refractivity contribution is 5.95. The fourth-order valence-corrected chi connectivity index (χ4v) is 1.90. The molecule has 0 aliphatic rings. The number of hydrogen-bond acceptors (Lipinski definition) is 6. The Morgan fingerprint density at radius 2 is 1.88 bits per heavy atom. The molecule has 140 valence electrons. The Hall–Kier alpha value is -2.32. The van der Waals surface area contributed by atoms with E-state index in [1.807, 2.05) is 13.8 Å². The molecule has 2 amide bonds. The molecule has 0 saturated carbocycles. The number of hydrogen-bond donors (Lipinski definition) is 3.